The van der Waals surface area contributed by atoms with Gasteiger partial charge in [0.25, 0.3) is 0 Å². The van der Waals surface area contributed by atoms with Crippen LogP contribution in [-0.2, 0) is 0 Å². The van der Waals surface area contributed by atoms with Crippen LogP contribution in [0, 0.1) is 5.92 Å². The van der Waals surface area contributed by atoms with Crippen molar-refractivity contribution in [2.45, 2.75) is 45.4 Å². The first kappa shape index (κ1) is 13.2. The normalized spacial score (nSPS) is 25.2. The van der Waals surface area contributed by atoms with E-state index in [1.165, 1.54) is 24.8 Å². The van der Waals surface area contributed by atoms with Crippen LogP contribution in [0.5, 0.6) is 0 Å². The molecule has 90 valence electrons. The zero-order chi connectivity index (χ0) is 11.8. The van der Waals surface area contributed by atoms with Gasteiger partial charge in [0.1, 0.15) is 0 Å². The predicted molar refractivity (Wildman–Crippen MR) is 72.3 cm³/mol. The lowest BCUT2D eigenvalue weighted by Gasteiger charge is -2.14. The van der Waals surface area contributed by atoms with E-state index in [1.54, 1.807) is 5.57 Å². The standard InChI is InChI=1S/C15H25N/c1-3-4-5-6-14-8-7-13(2)15(10-9-14)11-12-16/h4-6,15H,2-3,7-12,16H2,1H3/b5-4-,14-6+. The van der Waals surface area contributed by atoms with Crippen molar-refractivity contribution >= 4 is 0 Å². The molecular weight excluding hydrogens is 194 g/mol. The molecule has 0 spiro atoms. The van der Waals surface area contributed by atoms with Crippen molar-refractivity contribution in [2.24, 2.45) is 11.7 Å². The molecular formula is C15H25N. The number of allylic oxidation sites excluding steroid dienone is 5. The third-order valence-electron chi connectivity index (χ3n) is 3.38. The number of rotatable bonds is 4. The first-order valence-electron chi connectivity index (χ1n) is 6.50. The van der Waals surface area contributed by atoms with Gasteiger partial charge in [-0.05, 0) is 51.0 Å². The first-order chi connectivity index (χ1) is 7.77. The molecule has 1 atom stereocenters. The van der Waals surface area contributed by atoms with Gasteiger partial charge >= 0.3 is 0 Å². The van der Waals surface area contributed by atoms with Crippen LogP contribution >= 0.6 is 0 Å². The molecule has 1 aliphatic carbocycles. The highest BCUT2D eigenvalue weighted by molar-refractivity contribution is 5.17. The molecule has 0 aliphatic heterocycles. The summed E-state index contributed by atoms with van der Waals surface area (Å²) >= 11 is 0. The lowest BCUT2D eigenvalue weighted by atomic mass is 9.92. The third kappa shape index (κ3) is 4.36. The van der Waals surface area contributed by atoms with Crippen molar-refractivity contribution < 1.29 is 0 Å². The summed E-state index contributed by atoms with van der Waals surface area (Å²) in [6.45, 7) is 7.16. The minimum atomic E-state index is 0.658. The Bertz CT molecular complexity index is 273. The monoisotopic (exact) mass is 219 g/mol. The SMILES string of the molecule is C=C1CC/C(=C\C=C/CC)CCC1CCN. The largest absolute Gasteiger partial charge is 0.330 e. The van der Waals surface area contributed by atoms with Crippen molar-refractivity contribution in [2.75, 3.05) is 6.54 Å². The summed E-state index contributed by atoms with van der Waals surface area (Å²) in [5, 5.41) is 0. The molecule has 1 nitrogen and oxygen atoms in total. The topological polar surface area (TPSA) is 26.0 Å². The van der Waals surface area contributed by atoms with Crippen LogP contribution in [0.25, 0.3) is 0 Å². The fourth-order valence-electron chi connectivity index (χ4n) is 2.27. The Morgan fingerprint density at radius 1 is 1.38 bits per heavy atom. The summed E-state index contributed by atoms with van der Waals surface area (Å²) in [4.78, 5) is 0. The minimum Gasteiger partial charge on any atom is -0.330 e. The molecule has 0 bridgehead atoms. The van der Waals surface area contributed by atoms with E-state index in [0.29, 0.717) is 5.92 Å². The molecule has 0 radical (unpaired) electrons. The fourth-order valence-corrected chi connectivity index (χ4v) is 2.27. The first-order valence-corrected chi connectivity index (χ1v) is 6.50. The summed E-state index contributed by atoms with van der Waals surface area (Å²) in [6.07, 6.45) is 13.7. The quantitative estimate of drug-likeness (QED) is 0.562. The zero-order valence-electron chi connectivity index (χ0n) is 10.5. The van der Waals surface area contributed by atoms with Gasteiger partial charge in [-0.15, -0.1) is 0 Å². The Labute approximate surface area is 100 Å². The van der Waals surface area contributed by atoms with Gasteiger partial charge in [0.15, 0.2) is 0 Å². The molecule has 1 fully saturated rings. The Kier molecular flexibility index (Phi) is 6.17. The molecule has 0 saturated heterocycles. The summed E-state index contributed by atoms with van der Waals surface area (Å²) < 4.78 is 0. The molecule has 2 N–H and O–H groups in total. The Hall–Kier alpha value is -0.820. The van der Waals surface area contributed by atoms with E-state index in [0.717, 1.165) is 25.8 Å². The van der Waals surface area contributed by atoms with Gasteiger partial charge in [-0.2, -0.15) is 0 Å². The Morgan fingerprint density at radius 3 is 2.88 bits per heavy atom. The van der Waals surface area contributed by atoms with Crippen LogP contribution in [0.1, 0.15) is 45.4 Å². The second-order valence-electron chi connectivity index (χ2n) is 4.63. The molecule has 0 aromatic heterocycles. The summed E-state index contributed by atoms with van der Waals surface area (Å²) in [5.41, 5.74) is 8.62. The molecule has 1 saturated carbocycles. The van der Waals surface area contributed by atoms with E-state index in [4.69, 9.17) is 5.73 Å². The van der Waals surface area contributed by atoms with Crippen LogP contribution in [0.4, 0.5) is 0 Å². The van der Waals surface area contributed by atoms with Crippen molar-refractivity contribution in [1.29, 1.82) is 0 Å². The highest BCUT2D eigenvalue weighted by Crippen LogP contribution is 2.31. The maximum absolute atomic E-state index is 5.64. The molecule has 0 aromatic carbocycles. The minimum absolute atomic E-state index is 0.658. The second-order valence-corrected chi connectivity index (χ2v) is 4.63. The molecule has 1 aliphatic rings. The predicted octanol–water partition coefficient (Wildman–Crippen LogP) is 3.97. The second kappa shape index (κ2) is 7.45. The van der Waals surface area contributed by atoms with Crippen LogP contribution in [0.15, 0.2) is 36.0 Å². The van der Waals surface area contributed by atoms with Gasteiger partial charge in [-0.1, -0.05) is 42.9 Å². The van der Waals surface area contributed by atoms with Crippen LogP contribution in [0.3, 0.4) is 0 Å². The van der Waals surface area contributed by atoms with E-state index < -0.39 is 0 Å². The molecule has 1 unspecified atom stereocenters. The highest BCUT2D eigenvalue weighted by Gasteiger charge is 2.16. The zero-order valence-corrected chi connectivity index (χ0v) is 10.5. The van der Waals surface area contributed by atoms with E-state index in [2.05, 4.69) is 31.7 Å². The average Bonchev–Trinajstić information content (AvgIpc) is 2.45. The van der Waals surface area contributed by atoms with Gasteiger partial charge < -0.3 is 5.73 Å². The lowest BCUT2D eigenvalue weighted by molar-refractivity contribution is 0.529. The fraction of sp³-hybridized carbons (Fsp3) is 0.600. The highest BCUT2D eigenvalue weighted by atomic mass is 14.5. The third-order valence-corrected chi connectivity index (χ3v) is 3.38. The number of hydrogen-bond acceptors (Lipinski definition) is 1. The van der Waals surface area contributed by atoms with Gasteiger partial charge in [-0.3, -0.25) is 0 Å². The molecule has 0 amide bonds. The lowest BCUT2D eigenvalue weighted by Crippen LogP contribution is -2.09. The molecule has 1 heteroatoms. The smallest absolute Gasteiger partial charge is 0.00716 e. The summed E-state index contributed by atoms with van der Waals surface area (Å²) in [6, 6.07) is 0. The average molecular weight is 219 g/mol. The molecule has 0 aromatic rings. The van der Waals surface area contributed by atoms with E-state index in [1.807, 2.05) is 0 Å². The Balaban J connectivity index is 2.53. The van der Waals surface area contributed by atoms with E-state index >= 15 is 0 Å². The van der Waals surface area contributed by atoms with Gasteiger partial charge in [-0.25, -0.2) is 0 Å². The number of hydrogen-bond donors (Lipinski definition) is 1. The van der Waals surface area contributed by atoms with Gasteiger partial charge in [0, 0.05) is 0 Å². The van der Waals surface area contributed by atoms with E-state index in [9.17, 15) is 0 Å². The maximum Gasteiger partial charge on any atom is -0.00716 e. The van der Waals surface area contributed by atoms with Gasteiger partial charge in [0.2, 0.25) is 0 Å². The van der Waals surface area contributed by atoms with Crippen molar-refractivity contribution in [3.8, 4) is 0 Å². The van der Waals surface area contributed by atoms with Crippen molar-refractivity contribution in [1.82, 2.24) is 0 Å². The molecule has 16 heavy (non-hydrogen) atoms. The van der Waals surface area contributed by atoms with Crippen LogP contribution < -0.4 is 5.73 Å². The molecule has 0 heterocycles. The molecule has 1 rings (SSSR count). The van der Waals surface area contributed by atoms with Gasteiger partial charge in [0.05, 0.1) is 0 Å². The van der Waals surface area contributed by atoms with Crippen LogP contribution in [0.2, 0.25) is 0 Å². The Morgan fingerprint density at radius 2 is 2.19 bits per heavy atom. The summed E-state index contributed by atoms with van der Waals surface area (Å²) in [7, 11) is 0. The number of nitrogens with two attached hydrogens (primary N) is 1. The van der Waals surface area contributed by atoms with Crippen molar-refractivity contribution in [3.63, 3.8) is 0 Å². The maximum atomic E-state index is 5.64. The van der Waals surface area contributed by atoms with Crippen LogP contribution in [-0.4, -0.2) is 6.54 Å². The van der Waals surface area contributed by atoms with Crippen molar-refractivity contribution in [3.05, 3.63) is 36.0 Å². The summed E-state index contributed by atoms with van der Waals surface area (Å²) in [5.74, 6) is 0.658. The van der Waals surface area contributed by atoms with E-state index in [-0.39, 0.29) is 0 Å².